The molecule has 0 aliphatic carbocycles. The Morgan fingerprint density at radius 2 is 1.76 bits per heavy atom. The lowest BCUT2D eigenvalue weighted by Gasteiger charge is -2.30. The normalized spacial score (nSPS) is 22.0. The van der Waals surface area contributed by atoms with Gasteiger partial charge < -0.3 is 24.5 Å². The maximum absolute atomic E-state index is 14.2. The summed E-state index contributed by atoms with van der Waals surface area (Å²) in [6, 6.07) is 6.78. The van der Waals surface area contributed by atoms with Gasteiger partial charge in [0.1, 0.15) is 17.5 Å². The summed E-state index contributed by atoms with van der Waals surface area (Å²) in [5.74, 6) is -0.664. The Hall–Kier alpha value is -3.37. The van der Waals surface area contributed by atoms with Crippen LogP contribution >= 0.6 is 0 Å². The minimum Gasteiger partial charge on any atom is -0.394 e. The predicted molar refractivity (Wildman–Crippen MR) is 139 cm³/mol. The SMILES string of the molecule is O=C(c1cc(C2CCCN2c2cc(F)cc(F)c2)c2nc(N3CCOCC3)cnc2c1)N1CCCC1CO. The summed E-state index contributed by atoms with van der Waals surface area (Å²) in [6.07, 6.45) is 4.93. The third-order valence-corrected chi connectivity index (χ3v) is 7.89. The maximum Gasteiger partial charge on any atom is 0.254 e. The highest BCUT2D eigenvalue weighted by Crippen LogP contribution is 2.40. The second-order valence-electron chi connectivity index (χ2n) is 10.2. The van der Waals surface area contributed by atoms with E-state index in [9.17, 15) is 18.7 Å². The standard InChI is InChI=1S/C28H31F2N5O3/c29-19-13-20(30)15-22(14-19)34-5-2-4-25(34)23-11-18(28(37)35-6-1-3-21(35)17-36)12-24-27(23)32-26(16-31-24)33-7-9-38-10-8-33/h11-16,21,25,36H,1-10,17H2. The van der Waals surface area contributed by atoms with Gasteiger partial charge in [0.2, 0.25) is 0 Å². The maximum atomic E-state index is 14.2. The lowest BCUT2D eigenvalue weighted by atomic mass is 9.98. The van der Waals surface area contributed by atoms with Crippen LogP contribution in [0.15, 0.2) is 36.5 Å². The molecule has 3 aromatic rings. The van der Waals surface area contributed by atoms with Crippen LogP contribution in [0.2, 0.25) is 0 Å². The van der Waals surface area contributed by atoms with Gasteiger partial charge in [0.05, 0.1) is 49.1 Å². The van der Waals surface area contributed by atoms with E-state index >= 15 is 0 Å². The third-order valence-electron chi connectivity index (χ3n) is 7.89. The number of ether oxygens (including phenoxy) is 1. The molecule has 3 aliphatic rings. The second-order valence-corrected chi connectivity index (χ2v) is 10.2. The van der Waals surface area contributed by atoms with Crippen LogP contribution < -0.4 is 9.80 Å². The molecule has 2 aromatic carbocycles. The number of hydrogen-bond donors (Lipinski definition) is 1. The molecule has 1 N–H and O–H groups in total. The zero-order chi connectivity index (χ0) is 26.2. The number of fused-ring (bicyclic) bond motifs is 1. The first-order valence-corrected chi connectivity index (χ1v) is 13.3. The van der Waals surface area contributed by atoms with Gasteiger partial charge in [-0.3, -0.25) is 9.78 Å². The number of aliphatic hydroxyl groups excluding tert-OH is 1. The lowest BCUT2D eigenvalue weighted by molar-refractivity contribution is 0.0677. The molecular formula is C28H31F2N5O3. The van der Waals surface area contributed by atoms with Crippen molar-refractivity contribution in [2.45, 2.75) is 37.8 Å². The number of nitrogens with zero attached hydrogens (tertiary/aromatic N) is 5. The molecule has 4 heterocycles. The third kappa shape index (κ3) is 4.67. The highest BCUT2D eigenvalue weighted by Gasteiger charge is 2.33. The van der Waals surface area contributed by atoms with Crippen molar-refractivity contribution in [3.8, 4) is 0 Å². The van der Waals surface area contributed by atoms with Crippen LogP contribution in [0.4, 0.5) is 20.3 Å². The number of amides is 1. The lowest BCUT2D eigenvalue weighted by Crippen LogP contribution is -2.38. The fraction of sp³-hybridized carbons (Fsp3) is 0.464. The Morgan fingerprint density at radius 1 is 1.00 bits per heavy atom. The molecule has 1 amide bonds. The molecule has 3 fully saturated rings. The zero-order valence-corrected chi connectivity index (χ0v) is 21.2. The van der Waals surface area contributed by atoms with Gasteiger partial charge in [-0.25, -0.2) is 13.8 Å². The predicted octanol–water partition coefficient (Wildman–Crippen LogP) is 3.68. The summed E-state index contributed by atoms with van der Waals surface area (Å²) < 4.78 is 33.8. The van der Waals surface area contributed by atoms with Crippen molar-refractivity contribution < 1.29 is 23.4 Å². The first kappa shape index (κ1) is 24.9. The zero-order valence-electron chi connectivity index (χ0n) is 21.2. The van der Waals surface area contributed by atoms with Crippen LogP contribution in [0.5, 0.6) is 0 Å². The average Bonchev–Trinajstić information content (AvgIpc) is 3.62. The molecule has 10 heteroatoms. The molecule has 0 saturated carbocycles. The molecule has 3 aliphatic heterocycles. The van der Waals surface area contributed by atoms with Crippen molar-refractivity contribution in [1.82, 2.24) is 14.9 Å². The smallest absolute Gasteiger partial charge is 0.254 e. The largest absolute Gasteiger partial charge is 0.394 e. The first-order valence-electron chi connectivity index (χ1n) is 13.3. The molecule has 38 heavy (non-hydrogen) atoms. The summed E-state index contributed by atoms with van der Waals surface area (Å²) in [6.45, 7) is 3.80. The number of morpholine rings is 1. The van der Waals surface area contributed by atoms with E-state index in [0.29, 0.717) is 61.7 Å². The minimum absolute atomic E-state index is 0.0730. The fourth-order valence-corrected chi connectivity index (χ4v) is 6.02. The number of anilines is 2. The van der Waals surface area contributed by atoms with Crippen LogP contribution in [-0.4, -0.2) is 77.9 Å². The molecule has 6 rings (SSSR count). The average molecular weight is 524 g/mol. The van der Waals surface area contributed by atoms with E-state index in [2.05, 4.69) is 4.90 Å². The van der Waals surface area contributed by atoms with Crippen molar-refractivity contribution in [2.24, 2.45) is 0 Å². The highest BCUT2D eigenvalue weighted by atomic mass is 19.1. The van der Waals surface area contributed by atoms with E-state index in [0.717, 1.165) is 43.1 Å². The van der Waals surface area contributed by atoms with E-state index in [1.165, 1.54) is 12.1 Å². The van der Waals surface area contributed by atoms with Gasteiger partial charge in [0.25, 0.3) is 5.91 Å². The number of carbonyl (C=O) groups excluding carboxylic acids is 1. The molecule has 1 aromatic heterocycles. The molecule has 3 saturated heterocycles. The molecule has 2 atom stereocenters. The van der Waals surface area contributed by atoms with Gasteiger partial charge in [0, 0.05) is 49.1 Å². The van der Waals surface area contributed by atoms with Gasteiger partial charge in [0.15, 0.2) is 0 Å². The Labute approximate surface area is 219 Å². The Kier molecular flexibility index (Phi) is 6.84. The summed E-state index contributed by atoms with van der Waals surface area (Å²) in [5, 5.41) is 9.79. The van der Waals surface area contributed by atoms with Crippen LogP contribution in [0, 0.1) is 11.6 Å². The van der Waals surface area contributed by atoms with Crippen LogP contribution in [0.1, 0.15) is 47.6 Å². The van der Waals surface area contributed by atoms with Crippen LogP contribution in [-0.2, 0) is 4.74 Å². The number of carbonyl (C=O) groups is 1. The minimum atomic E-state index is -0.627. The molecule has 0 radical (unpaired) electrons. The Bertz CT molecular complexity index is 1330. The molecule has 0 spiro atoms. The fourth-order valence-electron chi connectivity index (χ4n) is 6.02. The van der Waals surface area contributed by atoms with Crippen LogP contribution in [0.3, 0.4) is 0 Å². The Morgan fingerprint density at radius 3 is 2.53 bits per heavy atom. The van der Waals surface area contributed by atoms with Gasteiger partial charge in [-0.2, -0.15) is 0 Å². The second kappa shape index (κ2) is 10.4. The monoisotopic (exact) mass is 523 g/mol. The molecule has 200 valence electrons. The van der Waals surface area contributed by atoms with E-state index in [1.807, 2.05) is 11.0 Å². The molecular weight excluding hydrogens is 492 g/mol. The number of rotatable bonds is 5. The van der Waals surface area contributed by atoms with E-state index in [-0.39, 0.29) is 24.6 Å². The molecule has 2 unspecified atom stereocenters. The van der Waals surface area contributed by atoms with Crippen molar-refractivity contribution in [3.63, 3.8) is 0 Å². The number of hydrogen-bond acceptors (Lipinski definition) is 7. The van der Waals surface area contributed by atoms with Crippen molar-refractivity contribution >= 4 is 28.4 Å². The number of benzene rings is 2. The van der Waals surface area contributed by atoms with Crippen LogP contribution in [0.25, 0.3) is 11.0 Å². The van der Waals surface area contributed by atoms with Gasteiger partial charge in [-0.05, 0) is 49.9 Å². The van der Waals surface area contributed by atoms with Gasteiger partial charge >= 0.3 is 0 Å². The van der Waals surface area contributed by atoms with Crippen molar-refractivity contribution in [2.75, 3.05) is 55.8 Å². The number of aromatic nitrogens is 2. The summed E-state index contributed by atoms with van der Waals surface area (Å²) in [5.41, 5.74) is 3.04. The van der Waals surface area contributed by atoms with E-state index in [1.54, 1.807) is 17.2 Å². The topological polar surface area (TPSA) is 82.0 Å². The summed E-state index contributed by atoms with van der Waals surface area (Å²) in [7, 11) is 0. The number of halogens is 2. The summed E-state index contributed by atoms with van der Waals surface area (Å²) in [4.78, 5) is 29.2. The van der Waals surface area contributed by atoms with Gasteiger partial charge in [-0.15, -0.1) is 0 Å². The quantitative estimate of drug-likeness (QED) is 0.546. The molecule has 0 bridgehead atoms. The molecule has 8 nitrogen and oxygen atoms in total. The van der Waals surface area contributed by atoms with Gasteiger partial charge in [-0.1, -0.05) is 0 Å². The van der Waals surface area contributed by atoms with Crippen molar-refractivity contribution in [3.05, 3.63) is 59.3 Å². The first-order chi connectivity index (χ1) is 18.5. The van der Waals surface area contributed by atoms with E-state index in [4.69, 9.17) is 14.7 Å². The van der Waals surface area contributed by atoms with Crippen molar-refractivity contribution in [1.29, 1.82) is 0 Å². The number of likely N-dealkylation sites (tertiary alicyclic amines) is 1. The highest BCUT2D eigenvalue weighted by molar-refractivity contribution is 5.99. The number of aliphatic hydroxyl groups is 1. The Balaban J connectivity index is 1.46. The van der Waals surface area contributed by atoms with E-state index < -0.39 is 11.6 Å². The summed E-state index contributed by atoms with van der Waals surface area (Å²) >= 11 is 0.